The highest BCUT2D eigenvalue weighted by Gasteiger charge is 1.97. The van der Waals surface area contributed by atoms with E-state index in [0.29, 0.717) is 25.7 Å². The second-order valence-electron chi connectivity index (χ2n) is 2.82. The summed E-state index contributed by atoms with van der Waals surface area (Å²) in [5, 5.41) is 16.7. The van der Waals surface area contributed by atoms with Crippen molar-refractivity contribution in [2.24, 2.45) is 0 Å². The summed E-state index contributed by atoms with van der Waals surface area (Å²) in [4.78, 5) is 8.29. The maximum absolute atomic E-state index is 8.36. The lowest BCUT2D eigenvalue weighted by Crippen LogP contribution is -1.95. The van der Waals surface area contributed by atoms with Crippen molar-refractivity contribution in [2.75, 3.05) is 0 Å². The van der Waals surface area contributed by atoms with Crippen molar-refractivity contribution < 1.29 is 0 Å². The van der Waals surface area contributed by atoms with Crippen LogP contribution in [-0.4, -0.2) is 9.97 Å². The molecule has 0 saturated heterocycles. The summed E-state index contributed by atoms with van der Waals surface area (Å²) in [6, 6.07) is 4.11. The minimum atomic E-state index is 0.465. The van der Waals surface area contributed by atoms with Gasteiger partial charge in [0.1, 0.15) is 0 Å². The number of nitriles is 2. The van der Waals surface area contributed by atoms with Crippen LogP contribution in [0.15, 0.2) is 12.4 Å². The Morgan fingerprint density at radius 2 is 1.36 bits per heavy atom. The molecule has 0 amide bonds. The highest BCUT2D eigenvalue weighted by Crippen LogP contribution is 2.00. The molecule has 1 rings (SSSR count). The molecule has 0 aromatic carbocycles. The zero-order chi connectivity index (χ0) is 10.2. The molecule has 0 saturated carbocycles. The SMILES string of the molecule is N#CCCc1cnc(CCC#N)cn1. The molecule has 1 aromatic heterocycles. The molecule has 0 aliphatic carbocycles. The maximum Gasteiger partial charge on any atom is 0.0625 e. The van der Waals surface area contributed by atoms with E-state index in [2.05, 4.69) is 22.1 Å². The molecule has 0 fully saturated rings. The molecule has 70 valence electrons. The fourth-order valence-corrected chi connectivity index (χ4v) is 1.01. The fraction of sp³-hybridized carbons (Fsp3) is 0.400. The van der Waals surface area contributed by atoms with Crippen molar-refractivity contribution in [3.05, 3.63) is 23.8 Å². The van der Waals surface area contributed by atoms with Gasteiger partial charge >= 0.3 is 0 Å². The molecular formula is C10H10N4. The Morgan fingerprint density at radius 1 is 0.929 bits per heavy atom. The van der Waals surface area contributed by atoms with Crippen molar-refractivity contribution in [3.8, 4) is 12.1 Å². The Kier molecular flexibility index (Phi) is 4.10. The number of hydrogen-bond acceptors (Lipinski definition) is 4. The highest BCUT2D eigenvalue weighted by atomic mass is 14.8. The quantitative estimate of drug-likeness (QED) is 0.712. The van der Waals surface area contributed by atoms with E-state index in [9.17, 15) is 0 Å². The van der Waals surface area contributed by atoms with Crippen LogP contribution in [-0.2, 0) is 12.8 Å². The van der Waals surface area contributed by atoms with Gasteiger partial charge in [-0.05, 0) is 0 Å². The average Bonchev–Trinajstić information content (AvgIpc) is 2.25. The van der Waals surface area contributed by atoms with Crippen LogP contribution in [0.25, 0.3) is 0 Å². The first-order valence-corrected chi connectivity index (χ1v) is 4.40. The topological polar surface area (TPSA) is 73.4 Å². The predicted molar refractivity (Wildman–Crippen MR) is 49.9 cm³/mol. The molecule has 1 aromatic rings. The molecule has 0 unspecified atom stereocenters. The summed E-state index contributed by atoms with van der Waals surface area (Å²) in [6.45, 7) is 0. The van der Waals surface area contributed by atoms with Crippen LogP contribution in [0.1, 0.15) is 24.2 Å². The highest BCUT2D eigenvalue weighted by molar-refractivity contribution is 5.04. The van der Waals surface area contributed by atoms with Gasteiger partial charge in [-0.15, -0.1) is 0 Å². The van der Waals surface area contributed by atoms with Gasteiger partial charge in [-0.3, -0.25) is 9.97 Å². The molecule has 0 N–H and O–H groups in total. The second-order valence-corrected chi connectivity index (χ2v) is 2.82. The van der Waals surface area contributed by atoms with Gasteiger partial charge in [0.05, 0.1) is 23.5 Å². The summed E-state index contributed by atoms with van der Waals surface area (Å²) >= 11 is 0. The first kappa shape index (κ1) is 10.1. The van der Waals surface area contributed by atoms with Gasteiger partial charge in [-0.25, -0.2) is 0 Å². The molecule has 14 heavy (non-hydrogen) atoms. The van der Waals surface area contributed by atoms with Gasteiger partial charge in [0.2, 0.25) is 0 Å². The minimum Gasteiger partial charge on any atom is -0.258 e. The lowest BCUT2D eigenvalue weighted by molar-refractivity contribution is 0.879. The van der Waals surface area contributed by atoms with Crippen molar-refractivity contribution >= 4 is 0 Å². The summed E-state index contributed by atoms with van der Waals surface area (Å²) in [7, 11) is 0. The number of aryl methyl sites for hydroxylation is 2. The largest absolute Gasteiger partial charge is 0.258 e. The Morgan fingerprint density at radius 3 is 1.64 bits per heavy atom. The van der Waals surface area contributed by atoms with Crippen LogP contribution in [0.5, 0.6) is 0 Å². The predicted octanol–water partition coefficient (Wildman–Crippen LogP) is 1.39. The van der Waals surface area contributed by atoms with Crippen molar-refractivity contribution in [1.82, 2.24) is 9.97 Å². The van der Waals surface area contributed by atoms with E-state index in [1.54, 1.807) is 12.4 Å². The first-order valence-electron chi connectivity index (χ1n) is 4.40. The van der Waals surface area contributed by atoms with Gasteiger partial charge in [0, 0.05) is 38.1 Å². The molecule has 0 aliphatic heterocycles. The van der Waals surface area contributed by atoms with E-state index in [-0.39, 0.29) is 0 Å². The number of aromatic nitrogens is 2. The van der Waals surface area contributed by atoms with Gasteiger partial charge < -0.3 is 0 Å². The molecule has 0 spiro atoms. The van der Waals surface area contributed by atoms with E-state index >= 15 is 0 Å². The third kappa shape index (κ3) is 3.20. The van der Waals surface area contributed by atoms with Gasteiger partial charge in [0.25, 0.3) is 0 Å². The molecule has 1 heterocycles. The Labute approximate surface area is 82.8 Å². The van der Waals surface area contributed by atoms with Crippen LogP contribution >= 0.6 is 0 Å². The lowest BCUT2D eigenvalue weighted by atomic mass is 10.2. The third-order valence-electron chi connectivity index (χ3n) is 1.74. The van der Waals surface area contributed by atoms with Gasteiger partial charge in [-0.2, -0.15) is 10.5 Å². The Bertz CT molecular complexity index is 318. The van der Waals surface area contributed by atoms with Gasteiger partial charge in [-0.1, -0.05) is 0 Å². The molecule has 0 radical (unpaired) electrons. The third-order valence-corrected chi connectivity index (χ3v) is 1.74. The number of rotatable bonds is 4. The van der Waals surface area contributed by atoms with Crippen LogP contribution in [0.4, 0.5) is 0 Å². The maximum atomic E-state index is 8.36. The first-order chi connectivity index (χ1) is 6.86. The zero-order valence-electron chi connectivity index (χ0n) is 7.77. The molecule has 4 nitrogen and oxygen atoms in total. The molecule has 0 atom stereocenters. The summed E-state index contributed by atoms with van der Waals surface area (Å²) < 4.78 is 0. The smallest absolute Gasteiger partial charge is 0.0625 e. The zero-order valence-corrected chi connectivity index (χ0v) is 7.77. The normalized spacial score (nSPS) is 9.00. The van der Waals surface area contributed by atoms with E-state index in [0.717, 1.165) is 11.4 Å². The van der Waals surface area contributed by atoms with Crippen LogP contribution in [0.3, 0.4) is 0 Å². The van der Waals surface area contributed by atoms with Gasteiger partial charge in [0.15, 0.2) is 0 Å². The average molecular weight is 186 g/mol. The van der Waals surface area contributed by atoms with E-state index in [4.69, 9.17) is 10.5 Å². The molecular weight excluding hydrogens is 176 g/mol. The van der Waals surface area contributed by atoms with Crippen LogP contribution in [0.2, 0.25) is 0 Å². The standard InChI is InChI=1S/C10H10N4/c11-5-1-3-9-7-14-10(8-13-9)4-2-6-12/h7-8H,1-4H2. The minimum absolute atomic E-state index is 0.465. The van der Waals surface area contributed by atoms with E-state index in [1.165, 1.54) is 0 Å². The molecule has 0 bridgehead atoms. The lowest BCUT2D eigenvalue weighted by Gasteiger charge is -1.98. The molecule has 0 aliphatic rings. The summed E-state index contributed by atoms with van der Waals surface area (Å²) in [5.74, 6) is 0. The van der Waals surface area contributed by atoms with Crippen molar-refractivity contribution in [1.29, 1.82) is 10.5 Å². The number of hydrogen-bond donors (Lipinski definition) is 0. The fourth-order valence-electron chi connectivity index (χ4n) is 1.01. The molecule has 4 heteroatoms. The van der Waals surface area contributed by atoms with E-state index < -0.39 is 0 Å². The van der Waals surface area contributed by atoms with E-state index in [1.807, 2.05) is 0 Å². The summed E-state index contributed by atoms with van der Waals surface area (Å²) in [6.07, 6.45) is 5.55. The second kappa shape index (κ2) is 5.66. The summed E-state index contributed by atoms with van der Waals surface area (Å²) in [5.41, 5.74) is 1.65. The van der Waals surface area contributed by atoms with Crippen molar-refractivity contribution in [2.45, 2.75) is 25.7 Å². The van der Waals surface area contributed by atoms with Crippen LogP contribution in [0, 0.1) is 22.7 Å². The number of nitrogens with zero attached hydrogens (tertiary/aromatic N) is 4. The van der Waals surface area contributed by atoms with Crippen molar-refractivity contribution in [3.63, 3.8) is 0 Å². The Balaban J connectivity index is 2.52. The Hall–Kier alpha value is -1.94. The van der Waals surface area contributed by atoms with Crippen LogP contribution < -0.4 is 0 Å². The monoisotopic (exact) mass is 186 g/mol.